The number of nitrogens with zero attached hydrogens (tertiary/aromatic N) is 2. The molecule has 1 N–H and O–H groups in total. The van der Waals surface area contributed by atoms with Gasteiger partial charge in [-0.3, -0.25) is 0 Å². The van der Waals surface area contributed by atoms with Crippen LogP contribution in [0, 0.1) is 0 Å². The highest BCUT2D eigenvalue weighted by molar-refractivity contribution is 7.09. The van der Waals surface area contributed by atoms with Gasteiger partial charge in [0.1, 0.15) is 5.82 Å². The lowest BCUT2D eigenvalue weighted by Gasteiger charge is -2.12. The second-order valence-electron chi connectivity index (χ2n) is 5.59. The highest BCUT2D eigenvalue weighted by atomic mass is 35.5. The van der Waals surface area contributed by atoms with Crippen molar-refractivity contribution in [2.45, 2.75) is 32.6 Å². The molecule has 0 aliphatic heterocycles. The molecule has 0 atom stereocenters. The molecule has 3 nitrogen and oxygen atoms in total. The number of anilines is 1. The molecule has 0 spiro atoms. The van der Waals surface area contributed by atoms with Crippen LogP contribution < -0.4 is 5.32 Å². The van der Waals surface area contributed by atoms with E-state index in [0.717, 1.165) is 29.5 Å². The van der Waals surface area contributed by atoms with E-state index in [1.807, 2.05) is 12.1 Å². The average Bonchev–Trinajstić information content (AvgIpc) is 2.80. The van der Waals surface area contributed by atoms with E-state index in [-0.39, 0.29) is 5.41 Å². The highest BCUT2D eigenvalue weighted by Gasteiger charge is 2.19. The lowest BCUT2D eigenvalue weighted by atomic mass is 9.96. The fourth-order valence-electron chi connectivity index (χ4n) is 1.63. The quantitative estimate of drug-likeness (QED) is 0.875. The van der Waals surface area contributed by atoms with E-state index >= 15 is 0 Å². The summed E-state index contributed by atoms with van der Waals surface area (Å²) in [6, 6.07) is 5.57. The van der Waals surface area contributed by atoms with Crippen LogP contribution in [0.15, 0.2) is 18.2 Å². The van der Waals surface area contributed by atoms with Gasteiger partial charge in [-0.15, -0.1) is 0 Å². The van der Waals surface area contributed by atoms with Gasteiger partial charge in [0.25, 0.3) is 0 Å². The van der Waals surface area contributed by atoms with Gasteiger partial charge in [-0.1, -0.05) is 50.0 Å². The Bertz CT molecular complexity index is 590. The minimum Gasteiger partial charge on any atom is -0.360 e. The minimum absolute atomic E-state index is 0.0179. The van der Waals surface area contributed by atoms with Crippen LogP contribution in [0.5, 0.6) is 0 Å². The fourth-order valence-corrected chi connectivity index (χ4v) is 2.91. The third-order valence-corrected chi connectivity index (χ3v) is 4.04. The summed E-state index contributed by atoms with van der Waals surface area (Å²) in [5.41, 5.74) is 1.06. The summed E-state index contributed by atoms with van der Waals surface area (Å²) < 4.78 is 4.37. The molecule has 0 unspecified atom stereocenters. The monoisotopic (exact) mass is 329 g/mol. The maximum absolute atomic E-state index is 6.14. The Labute approximate surface area is 133 Å². The molecular formula is C14H17Cl2N3S. The second kappa shape index (κ2) is 6.29. The van der Waals surface area contributed by atoms with Gasteiger partial charge in [0.15, 0.2) is 0 Å². The molecule has 0 fully saturated rings. The third kappa shape index (κ3) is 4.08. The van der Waals surface area contributed by atoms with Crippen molar-refractivity contribution in [3.63, 3.8) is 0 Å². The molecule has 0 amide bonds. The van der Waals surface area contributed by atoms with Crippen molar-refractivity contribution in [3.05, 3.63) is 39.6 Å². The molecule has 0 aliphatic rings. The van der Waals surface area contributed by atoms with Crippen LogP contribution >= 0.6 is 34.7 Å². The zero-order valence-corrected chi connectivity index (χ0v) is 14.0. The van der Waals surface area contributed by atoms with Gasteiger partial charge < -0.3 is 5.32 Å². The van der Waals surface area contributed by atoms with Crippen molar-refractivity contribution >= 4 is 39.9 Å². The van der Waals surface area contributed by atoms with Crippen molar-refractivity contribution in [1.29, 1.82) is 0 Å². The van der Waals surface area contributed by atoms with E-state index in [4.69, 9.17) is 23.2 Å². The minimum atomic E-state index is -0.0179. The zero-order valence-electron chi connectivity index (χ0n) is 11.7. The van der Waals surface area contributed by atoms with Gasteiger partial charge in [0.05, 0.1) is 0 Å². The molecule has 1 aromatic carbocycles. The molecule has 0 aliphatic carbocycles. The summed E-state index contributed by atoms with van der Waals surface area (Å²) in [4.78, 5) is 4.49. The van der Waals surface area contributed by atoms with Crippen molar-refractivity contribution < 1.29 is 0 Å². The molecule has 6 heteroatoms. The van der Waals surface area contributed by atoms with Gasteiger partial charge in [-0.2, -0.15) is 4.37 Å². The molecular weight excluding hydrogens is 313 g/mol. The molecule has 2 rings (SSSR count). The topological polar surface area (TPSA) is 37.8 Å². The first-order chi connectivity index (χ1) is 9.36. The summed E-state index contributed by atoms with van der Waals surface area (Å²) in [7, 11) is 0. The first-order valence-corrected chi connectivity index (χ1v) is 7.91. The van der Waals surface area contributed by atoms with Crippen LogP contribution in [0.4, 0.5) is 5.13 Å². The van der Waals surface area contributed by atoms with Gasteiger partial charge in [-0.25, -0.2) is 4.98 Å². The second-order valence-corrected chi connectivity index (χ2v) is 7.18. The Morgan fingerprint density at radius 2 is 2.00 bits per heavy atom. The van der Waals surface area contributed by atoms with Crippen LogP contribution in [0.2, 0.25) is 10.0 Å². The van der Waals surface area contributed by atoms with Crippen LogP contribution in [-0.4, -0.2) is 15.9 Å². The number of nitrogens with one attached hydrogen (secondary N) is 1. The maximum Gasteiger partial charge on any atom is 0.202 e. The Kier molecular flexibility index (Phi) is 4.89. The lowest BCUT2D eigenvalue weighted by Crippen LogP contribution is -2.13. The standard InChI is InChI=1S/C14H17Cl2N3S/c1-14(2,3)12-18-13(20-19-12)17-7-6-9-4-5-10(15)8-11(9)16/h4-5,8H,6-7H2,1-3H3,(H,17,18,19). The Morgan fingerprint density at radius 3 is 2.60 bits per heavy atom. The molecule has 0 saturated heterocycles. The Morgan fingerprint density at radius 1 is 1.25 bits per heavy atom. The first-order valence-electron chi connectivity index (χ1n) is 6.38. The molecule has 1 aromatic heterocycles. The molecule has 2 aromatic rings. The zero-order chi connectivity index (χ0) is 14.8. The molecule has 0 bridgehead atoms. The van der Waals surface area contributed by atoms with E-state index in [1.165, 1.54) is 11.5 Å². The Balaban J connectivity index is 1.91. The van der Waals surface area contributed by atoms with Gasteiger partial charge >= 0.3 is 0 Å². The van der Waals surface area contributed by atoms with Crippen LogP contribution in [-0.2, 0) is 11.8 Å². The predicted octanol–water partition coefficient (Wildman–Crippen LogP) is 4.80. The van der Waals surface area contributed by atoms with E-state index in [9.17, 15) is 0 Å². The average molecular weight is 330 g/mol. The smallest absolute Gasteiger partial charge is 0.202 e. The van der Waals surface area contributed by atoms with E-state index in [2.05, 4.69) is 35.4 Å². The van der Waals surface area contributed by atoms with Crippen LogP contribution in [0.3, 0.4) is 0 Å². The van der Waals surface area contributed by atoms with Crippen molar-refractivity contribution in [1.82, 2.24) is 9.36 Å². The van der Waals surface area contributed by atoms with E-state index in [0.29, 0.717) is 10.0 Å². The number of rotatable bonds is 4. The summed E-state index contributed by atoms with van der Waals surface area (Å²) >= 11 is 13.4. The van der Waals surface area contributed by atoms with E-state index < -0.39 is 0 Å². The molecule has 20 heavy (non-hydrogen) atoms. The predicted molar refractivity (Wildman–Crippen MR) is 87.3 cm³/mol. The molecule has 108 valence electrons. The van der Waals surface area contributed by atoms with Crippen molar-refractivity contribution in [2.75, 3.05) is 11.9 Å². The SMILES string of the molecule is CC(C)(C)c1nsc(NCCc2ccc(Cl)cc2Cl)n1. The van der Waals surface area contributed by atoms with Gasteiger partial charge in [-0.05, 0) is 24.1 Å². The molecule has 0 saturated carbocycles. The fraction of sp³-hybridized carbons (Fsp3) is 0.429. The molecule has 0 radical (unpaired) electrons. The summed E-state index contributed by atoms with van der Waals surface area (Å²) in [6.45, 7) is 7.07. The summed E-state index contributed by atoms with van der Waals surface area (Å²) in [5, 5.41) is 5.49. The van der Waals surface area contributed by atoms with Crippen molar-refractivity contribution in [3.8, 4) is 0 Å². The van der Waals surface area contributed by atoms with Crippen LogP contribution in [0.25, 0.3) is 0 Å². The maximum atomic E-state index is 6.14. The summed E-state index contributed by atoms with van der Waals surface area (Å²) in [6.07, 6.45) is 0.820. The highest BCUT2D eigenvalue weighted by Crippen LogP contribution is 2.24. The third-order valence-electron chi connectivity index (χ3n) is 2.78. The van der Waals surface area contributed by atoms with Gasteiger partial charge in [0, 0.05) is 33.5 Å². The molecule has 1 heterocycles. The Hall–Kier alpha value is -0.840. The number of aromatic nitrogens is 2. The lowest BCUT2D eigenvalue weighted by molar-refractivity contribution is 0.555. The number of hydrogen-bond donors (Lipinski definition) is 1. The van der Waals surface area contributed by atoms with E-state index in [1.54, 1.807) is 6.07 Å². The first kappa shape index (κ1) is 15.5. The number of halogens is 2. The normalized spacial score (nSPS) is 11.7. The van der Waals surface area contributed by atoms with Crippen molar-refractivity contribution in [2.24, 2.45) is 0 Å². The van der Waals surface area contributed by atoms with Gasteiger partial charge in [0.2, 0.25) is 5.13 Å². The number of hydrogen-bond acceptors (Lipinski definition) is 4. The largest absolute Gasteiger partial charge is 0.360 e. The van der Waals surface area contributed by atoms with Crippen LogP contribution in [0.1, 0.15) is 32.2 Å². The summed E-state index contributed by atoms with van der Waals surface area (Å²) in [5.74, 6) is 0.870. The number of benzene rings is 1.